The normalized spacial score (nSPS) is 9.43. The standard InChI is InChI=1S/5C6H14O.C5H12O2/c2*1-3-4-5-6-7-2;2*1-3-5-6-7-4-2;1-3-5-7-6-4-2;1-3-7-5-4-6-2/h5*3-6H2,1-2H3;3-5H2,1-2H3. The van der Waals surface area contributed by atoms with Crippen LogP contribution in [-0.2, 0) is 33.2 Å². The molecule has 0 heterocycles. The highest BCUT2D eigenvalue weighted by atomic mass is 16.5. The van der Waals surface area contributed by atoms with Crippen LogP contribution in [0.2, 0.25) is 0 Å². The van der Waals surface area contributed by atoms with Crippen molar-refractivity contribution in [2.45, 2.75) is 139 Å². The maximum absolute atomic E-state index is 5.13. The highest BCUT2D eigenvalue weighted by Crippen LogP contribution is 1.92. The third-order valence-corrected chi connectivity index (χ3v) is 4.93. The molecule has 0 aliphatic carbocycles. The Morgan fingerprint density at radius 2 is 0.595 bits per heavy atom. The number of hydrogen-bond donors (Lipinski definition) is 0. The summed E-state index contributed by atoms with van der Waals surface area (Å²) in [5.41, 5.74) is 0. The molecule has 0 aromatic heterocycles. The molecule has 0 aromatic carbocycles. The van der Waals surface area contributed by atoms with E-state index in [2.05, 4.69) is 41.5 Å². The smallest absolute Gasteiger partial charge is 0.0700 e. The first-order valence-corrected chi connectivity index (χ1v) is 17.3. The van der Waals surface area contributed by atoms with E-state index in [1.165, 1.54) is 64.2 Å². The fraction of sp³-hybridized carbons (Fsp3) is 1.00. The maximum Gasteiger partial charge on any atom is 0.0700 e. The zero-order chi connectivity index (χ0) is 33.2. The van der Waals surface area contributed by atoms with E-state index in [1.54, 1.807) is 21.3 Å². The molecular weight excluding hydrogens is 532 g/mol. The van der Waals surface area contributed by atoms with Crippen molar-refractivity contribution in [2.75, 3.05) is 94.0 Å². The van der Waals surface area contributed by atoms with E-state index in [4.69, 9.17) is 33.2 Å². The van der Waals surface area contributed by atoms with Crippen molar-refractivity contribution in [1.82, 2.24) is 0 Å². The molecule has 42 heavy (non-hydrogen) atoms. The van der Waals surface area contributed by atoms with Crippen LogP contribution in [0.4, 0.5) is 0 Å². The summed E-state index contributed by atoms with van der Waals surface area (Å²) in [6.07, 6.45) is 14.7. The van der Waals surface area contributed by atoms with Gasteiger partial charge in [-0.15, -0.1) is 0 Å². The van der Waals surface area contributed by atoms with E-state index in [1.807, 2.05) is 20.8 Å². The van der Waals surface area contributed by atoms with Crippen molar-refractivity contribution in [1.29, 1.82) is 0 Å². The summed E-state index contributed by atoms with van der Waals surface area (Å²) >= 11 is 0. The van der Waals surface area contributed by atoms with Crippen LogP contribution in [0.1, 0.15) is 139 Å². The Balaban J connectivity index is -0.0000000926. The number of methoxy groups -OCH3 is 3. The Bertz CT molecular complexity index is 220. The van der Waals surface area contributed by atoms with Gasteiger partial charge in [-0.05, 0) is 59.3 Å². The van der Waals surface area contributed by atoms with Crippen molar-refractivity contribution in [3.8, 4) is 0 Å². The molecule has 0 bridgehead atoms. The van der Waals surface area contributed by atoms with Crippen LogP contribution < -0.4 is 0 Å². The van der Waals surface area contributed by atoms with Crippen molar-refractivity contribution >= 4 is 0 Å². The van der Waals surface area contributed by atoms with Crippen molar-refractivity contribution in [2.24, 2.45) is 0 Å². The number of hydrogen-bond acceptors (Lipinski definition) is 7. The molecule has 7 nitrogen and oxygen atoms in total. The molecule has 0 rings (SSSR count). The molecule has 0 spiro atoms. The van der Waals surface area contributed by atoms with Gasteiger partial charge in [0.1, 0.15) is 0 Å². The van der Waals surface area contributed by atoms with Gasteiger partial charge in [0.15, 0.2) is 0 Å². The summed E-state index contributed by atoms with van der Waals surface area (Å²) in [6.45, 7) is 28.5. The third kappa shape index (κ3) is 106. The van der Waals surface area contributed by atoms with Crippen molar-refractivity contribution in [3.63, 3.8) is 0 Å². The highest BCUT2D eigenvalue weighted by molar-refractivity contribution is 4.33. The first-order valence-electron chi connectivity index (χ1n) is 17.3. The molecule has 0 aliphatic rings. The molecule has 0 radical (unpaired) electrons. The molecule has 0 aliphatic heterocycles. The molecule has 7 heteroatoms. The topological polar surface area (TPSA) is 64.6 Å². The number of unbranched alkanes of at least 4 members (excludes halogenated alkanes) is 6. The number of rotatable bonds is 24. The lowest BCUT2D eigenvalue weighted by Crippen LogP contribution is -2.00. The van der Waals surface area contributed by atoms with E-state index >= 15 is 0 Å². The monoisotopic (exact) mass is 615 g/mol. The van der Waals surface area contributed by atoms with E-state index in [-0.39, 0.29) is 0 Å². The first kappa shape index (κ1) is 54.2. The molecule has 0 aromatic rings. The molecule has 0 unspecified atom stereocenters. The average molecular weight is 615 g/mol. The largest absolute Gasteiger partial charge is 0.385 e. The lowest BCUT2D eigenvalue weighted by molar-refractivity contribution is 0.0777. The molecule has 0 saturated carbocycles. The molecule has 264 valence electrons. The third-order valence-electron chi connectivity index (χ3n) is 4.93. The Kier molecular flexibility index (Phi) is 93.9. The Morgan fingerprint density at radius 3 is 0.857 bits per heavy atom. The van der Waals surface area contributed by atoms with E-state index in [0.29, 0.717) is 13.2 Å². The Labute approximate surface area is 266 Å². The van der Waals surface area contributed by atoms with Crippen LogP contribution in [0.3, 0.4) is 0 Å². The molecule has 0 amide bonds. The van der Waals surface area contributed by atoms with Gasteiger partial charge in [-0.3, -0.25) is 0 Å². The summed E-state index contributed by atoms with van der Waals surface area (Å²) in [6, 6.07) is 0. The second kappa shape index (κ2) is 72.7. The summed E-state index contributed by atoms with van der Waals surface area (Å²) in [4.78, 5) is 0. The van der Waals surface area contributed by atoms with Gasteiger partial charge < -0.3 is 33.2 Å². The highest BCUT2D eigenvalue weighted by Gasteiger charge is 1.82. The summed E-state index contributed by atoms with van der Waals surface area (Å²) in [5, 5.41) is 0. The lowest BCUT2D eigenvalue weighted by Gasteiger charge is -1.96. The van der Waals surface area contributed by atoms with Gasteiger partial charge in [0, 0.05) is 80.8 Å². The molecule has 0 fully saturated rings. The minimum atomic E-state index is 0.702. The van der Waals surface area contributed by atoms with Gasteiger partial charge in [-0.1, -0.05) is 80.1 Å². The quantitative estimate of drug-likeness (QED) is 0.100. The van der Waals surface area contributed by atoms with Gasteiger partial charge in [0.2, 0.25) is 0 Å². The minimum Gasteiger partial charge on any atom is -0.385 e. The van der Waals surface area contributed by atoms with E-state index in [9.17, 15) is 0 Å². The lowest BCUT2D eigenvalue weighted by atomic mass is 10.3. The first-order chi connectivity index (χ1) is 20.5. The second-order valence-corrected chi connectivity index (χ2v) is 9.30. The average Bonchev–Trinajstić information content (AvgIpc) is 3.01. The van der Waals surface area contributed by atoms with Gasteiger partial charge in [0.05, 0.1) is 13.2 Å². The molecule has 0 saturated heterocycles. The van der Waals surface area contributed by atoms with Crippen LogP contribution in [0.5, 0.6) is 0 Å². The summed E-state index contributed by atoms with van der Waals surface area (Å²) in [7, 11) is 5.16. The minimum absolute atomic E-state index is 0.702. The van der Waals surface area contributed by atoms with Gasteiger partial charge >= 0.3 is 0 Å². The molecule has 0 N–H and O–H groups in total. The summed E-state index contributed by atoms with van der Waals surface area (Å²) in [5.74, 6) is 0. The fourth-order valence-electron chi connectivity index (χ4n) is 2.45. The Morgan fingerprint density at radius 1 is 0.262 bits per heavy atom. The van der Waals surface area contributed by atoms with Gasteiger partial charge in [-0.25, -0.2) is 0 Å². The van der Waals surface area contributed by atoms with Crippen LogP contribution in [-0.4, -0.2) is 94.0 Å². The zero-order valence-electron chi connectivity index (χ0n) is 31.1. The SMILES string of the molecule is CCCCCOC.CCCCCOC.CCCCOCC.CCCCOCC.CCCOCCC.CCOCCOC. The van der Waals surface area contributed by atoms with Crippen LogP contribution in [0.25, 0.3) is 0 Å². The predicted octanol–water partition coefficient (Wildman–Crippen LogP) is 9.78. The fourth-order valence-corrected chi connectivity index (χ4v) is 2.45. The predicted molar refractivity (Wildman–Crippen MR) is 185 cm³/mol. The maximum atomic E-state index is 5.13. The van der Waals surface area contributed by atoms with Crippen molar-refractivity contribution < 1.29 is 33.2 Å². The van der Waals surface area contributed by atoms with Crippen LogP contribution in [0, 0.1) is 0 Å². The number of ether oxygens (including phenoxy) is 7. The van der Waals surface area contributed by atoms with Crippen LogP contribution >= 0.6 is 0 Å². The Hall–Kier alpha value is -0.280. The zero-order valence-corrected chi connectivity index (χ0v) is 31.1. The van der Waals surface area contributed by atoms with Gasteiger partial charge in [0.25, 0.3) is 0 Å². The van der Waals surface area contributed by atoms with Crippen LogP contribution in [0.15, 0.2) is 0 Å². The van der Waals surface area contributed by atoms with Gasteiger partial charge in [-0.2, -0.15) is 0 Å². The molecule has 0 atom stereocenters. The van der Waals surface area contributed by atoms with E-state index in [0.717, 1.165) is 72.3 Å². The van der Waals surface area contributed by atoms with E-state index < -0.39 is 0 Å². The second-order valence-electron chi connectivity index (χ2n) is 9.30. The van der Waals surface area contributed by atoms with Crippen molar-refractivity contribution in [3.05, 3.63) is 0 Å². The molecular formula is C35H82O7. The summed E-state index contributed by atoms with van der Waals surface area (Å²) < 4.78 is 34.6.